The maximum atomic E-state index is 12.5. The van der Waals surface area contributed by atoms with Crippen LogP contribution in [0, 0.1) is 0 Å². The van der Waals surface area contributed by atoms with Gasteiger partial charge in [-0.1, -0.05) is 30.3 Å². The van der Waals surface area contributed by atoms with Gasteiger partial charge in [-0.15, -0.1) is 0 Å². The van der Waals surface area contributed by atoms with E-state index < -0.39 is 0 Å². The van der Waals surface area contributed by atoms with Crippen LogP contribution in [0.4, 0.5) is 5.69 Å². The molecule has 7 nitrogen and oxygen atoms in total. The molecule has 29 heavy (non-hydrogen) atoms. The summed E-state index contributed by atoms with van der Waals surface area (Å²) in [6.07, 6.45) is 0. The summed E-state index contributed by atoms with van der Waals surface area (Å²) in [5.74, 6) is 0.429. The first kappa shape index (κ1) is 19.9. The first-order valence-electron chi connectivity index (χ1n) is 8.93. The summed E-state index contributed by atoms with van der Waals surface area (Å²) in [6.45, 7) is 0.279. The summed E-state index contributed by atoms with van der Waals surface area (Å²) in [4.78, 5) is 29.0. The van der Waals surface area contributed by atoms with Gasteiger partial charge in [-0.3, -0.25) is 9.59 Å². The summed E-state index contributed by atoms with van der Waals surface area (Å²) in [6, 6.07) is 19.2. The molecule has 0 fully saturated rings. The quantitative estimate of drug-likeness (QED) is 0.645. The number of carbonyl (C=O) groups excluding carboxylic acids is 2. The molecular formula is C22H21N3O4. The van der Waals surface area contributed by atoms with E-state index in [1.54, 1.807) is 56.7 Å². The highest BCUT2D eigenvalue weighted by molar-refractivity contribution is 6.03. The zero-order valence-corrected chi connectivity index (χ0v) is 16.1. The number of pyridine rings is 1. The first-order chi connectivity index (χ1) is 14.1. The van der Waals surface area contributed by atoms with Gasteiger partial charge < -0.3 is 20.1 Å². The van der Waals surface area contributed by atoms with Crippen LogP contribution in [0.1, 0.15) is 26.5 Å². The lowest BCUT2D eigenvalue weighted by Gasteiger charge is -2.10. The number of aromatic nitrogens is 1. The summed E-state index contributed by atoms with van der Waals surface area (Å²) in [5.41, 5.74) is 1.82. The average molecular weight is 391 g/mol. The zero-order valence-electron chi connectivity index (χ0n) is 16.1. The Kier molecular flexibility index (Phi) is 6.42. The fourth-order valence-electron chi connectivity index (χ4n) is 2.67. The van der Waals surface area contributed by atoms with Crippen molar-refractivity contribution in [2.24, 2.45) is 0 Å². The number of hydrogen-bond donors (Lipinski definition) is 2. The van der Waals surface area contributed by atoms with E-state index in [1.807, 2.05) is 24.3 Å². The minimum Gasteiger partial charge on any atom is -0.493 e. The van der Waals surface area contributed by atoms with E-state index in [2.05, 4.69) is 15.6 Å². The first-order valence-corrected chi connectivity index (χ1v) is 8.93. The van der Waals surface area contributed by atoms with Crippen LogP contribution in [0.2, 0.25) is 0 Å². The Balaban J connectivity index is 1.65. The van der Waals surface area contributed by atoms with Crippen LogP contribution in [-0.2, 0) is 6.54 Å². The van der Waals surface area contributed by atoms with Gasteiger partial charge in [0.05, 0.1) is 14.2 Å². The van der Waals surface area contributed by atoms with Gasteiger partial charge in [0.1, 0.15) is 11.4 Å². The van der Waals surface area contributed by atoms with Gasteiger partial charge in [-0.05, 0) is 42.0 Å². The Morgan fingerprint density at radius 1 is 0.828 bits per heavy atom. The molecule has 0 aliphatic heterocycles. The lowest BCUT2D eigenvalue weighted by Crippen LogP contribution is -2.25. The van der Waals surface area contributed by atoms with Crippen molar-refractivity contribution in [3.05, 3.63) is 83.7 Å². The number of anilines is 1. The molecule has 0 unspecified atom stereocenters. The molecule has 0 atom stereocenters. The van der Waals surface area contributed by atoms with Crippen LogP contribution in [0.5, 0.6) is 11.5 Å². The molecule has 1 heterocycles. The summed E-state index contributed by atoms with van der Waals surface area (Å²) in [7, 11) is 3.11. The Morgan fingerprint density at radius 2 is 1.52 bits per heavy atom. The third-order valence-electron chi connectivity index (χ3n) is 4.15. The molecule has 0 bridgehead atoms. The second-order valence-corrected chi connectivity index (χ2v) is 6.10. The topological polar surface area (TPSA) is 89.5 Å². The van der Waals surface area contributed by atoms with Crippen molar-refractivity contribution in [1.82, 2.24) is 10.3 Å². The highest BCUT2D eigenvalue weighted by Crippen LogP contribution is 2.27. The molecule has 0 radical (unpaired) electrons. The molecule has 3 rings (SSSR count). The second kappa shape index (κ2) is 9.36. The summed E-state index contributed by atoms with van der Waals surface area (Å²) in [5, 5.41) is 5.54. The van der Waals surface area contributed by atoms with Gasteiger partial charge in [0.2, 0.25) is 0 Å². The third-order valence-corrected chi connectivity index (χ3v) is 4.15. The maximum Gasteiger partial charge on any atom is 0.274 e. The number of hydrogen-bond acceptors (Lipinski definition) is 5. The van der Waals surface area contributed by atoms with Gasteiger partial charge >= 0.3 is 0 Å². The molecule has 0 aliphatic rings. The molecule has 0 saturated carbocycles. The fourth-order valence-corrected chi connectivity index (χ4v) is 2.67. The fraction of sp³-hybridized carbons (Fsp3) is 0.136. The molecular weight excluding hydrogens is 370 g/mol. The standard InChI is InChI=1S/C22H21N3O4/c1-28-19-12-11-15(13-20(19)29-2)14-23-21(26)17-9-6-10-18(25-17)22(27)24-16-7-4-3-5-8-16/h3-13H,14H2,1-2H3,(H,23,26)(H,24,27). The van der Waals surface area contributed by atoms with Gasteiger partial charge in [-0.2, -0.15) is 0 Å². The molecule has 0 saturated heterocycles. The molecule has 2 amide bonds. The number of nitrogens with one attached hydrogen (secondary N) is 2. The largest absolute Gasteiger partial charge is 0.493 e. The molecule has 2 N–H and O–H groups in total. The van der Waals surface area contributed by atoms with Crippen LogP contribution in [-0.4, -0.2) is 31.0 Å². The smallest absolute Gasteiger partial charge is 0.274 e. The SMILES string of the molecule is COc1ccc(CNC(=O)c2cccc(C(=O)Nc3ccccc3)n2)cc1OC. The number of methoxy groups -OCH3 is 2. The number of amides is 2. The Labute approximate surface area is 168 Å². The van der Waals surface area contributed by atoms with Crippen molar-refractivity contribution in [2.45, 2.75) is 6.54 Å². The Morgan fingerprint density at radius 3 is 2.21 bits per heavy atom. The normalized spacial score (nSPS) is 10.1. The highest BCUT2D eigenvalue weighted by Gasteiger charge is 2.13. The second-order valence-electron chi connectivity index (χ2n) is 6.10. The predicted octanol–water partition coefficient (Wildman–Crippen LogP) is 3.28. The van der Waals surface area contributed by atoms with Crippen molar-refractivity contribution in [3.8, 4) is 11.5 Å². The number of nitrogens with zero attached hydrogens (tertiary/aromatic N) is 1. The number of rotatable bonds is 7. The third kappa shape index (κ3) is 5.10. The number of benzene rings is 2. The lowest BCUT2D eigenvalue weighted by molar-refractivity contribution is 0.0945. The summed E-state index contributed by atoms with van der Waals surface area (Å²) < 4.78 is 10.5. The minimum atomic E-state index is -0.384. The van der Waals surface area contributed by atoms with Gasteiger partial charge in [-0.25, -0.2) is 4.98 Å². The Hall–Kier alpha value is -3.87. The van der Waals surface area contributed by atoms with Crippen LogP contribution in [0.15, 0.2) is 66.7 Å². The van der Waals surface area contributed by atoms with Crippen molar-refractivity contribution < 1.29 is 19.1 Å². The van der Waals surface area contributed by atoms with Crippen molar-refractivity contribution >= 4 is 17.5 Å². The monoisotopic (exact) mass is 391 g/mol. The minimum absolute atomic E-state index is 0.159. The molecule has 7 heteroatoms. The van der Waals surface area contributed by atoms with Gasteiger partial charge in [0.25, 0.3) is 11.8 Å². The highest BCUT2D eigenvalue weighted by atomic mass is 16.5. The zero-order chi connectivity index (χ0) is 20.6. The molecule has 2 aromatic carbocycles. The summed E-state index contributed by atoms with van der Waals surface area (Å²) >= 11 is 0. The van der Waals surface area contributed by atoms with Crippen LogP contribution >= 0.6 is 0 Å². The van der Waals surface area contributed by atoms with Crippen LogP contribution in [0.3, 0.4) is 0 Å². The lowest BCUT2D eigenvalue weighted by atomic mass is 10.2. The molecule has 3 aromatic rings. The van der Waals surface area contributed by atoms with E-state index >= 15 is 0 Å². The van der Waals surface area contributed by atoms with Gasteiger partial charge in [0, 0.05) is 12.2 Å². The van der Waals surface area contributed by atoms with E-state index in [0.717, 1.165) is 5.56 Å². The molecule has 0 aliphatic carbocycles. The number of ether oxygens (including phenoxy) is 2. The number of carbonyl (C=O) groups is 2. The van der Waals surface area contributed by atoms with Gasteiger partial charge in [0.15, 0.2) is 11.5 Å². The van der Waals surface area contributed by atoms with Crippen molar-refractivity contribution in [1.29, 1.82) is 0 Å². The maximum absolute atomic E-state index is 12.5. The molecule has 1 aromatic heterocycles. The number of para-hydroxylation sites is 1. The molecule has 148 valence electrons. The predicted molar refractivity (Wildman–Crippen MR) is 109 cm³/mol. The van der Waals surface area contributed by atoms with E-state index in [4.69, 9.17) is 9.47 Å². The van der Waals surface area contributed by atoms with Crippen LogP contribution < -0.4 is 20.1 Å². The molecule has 0 spiro atoms. The average Bonchev–Trinajstić information content (AvgIpc) is 2.78. The van der Waals surface area contributed by atoms with Crippen molar-refractivity contribution in [3.63, 3.8) is 0 Å². The van der Waals surface area contributed by atoms with E-state index in [9.17, 15) is 9.59 Å². The van der Waals surface area contributed by atoms with Crippen molar-refractivity contribution in [2.75, 3.05) is 19.5 Å². The van der Waals surface area contributed by atoms with Crippen LogP contribution in [0.25, 0.3) is 0 Å². The van der Waals surface area contributed by atoms with E-state index in [0.29, 0.717) is 17.2 Å². The van der Waals surface area contributed by atoms with E-state index in [1.165, 1.54) is 0 Å². The Bertz CT molecular complexity index is 1010. The van der Waals surface area contributed by atoms with E-state index in [-0.39, 0.29) is 29.7 Å².